The Morgan fingerprint density at radius 2 is 1.54 bits per heavy atom. The number of piperazine rings is 1. The Hall–Kier alpha value is -5.62. The van der Waals surface area contributed by atoms with Gasteiger partial charge in [-0.1, -0.05) is 6.07 Å². The second-order valence-electron chi connectivity index (χ2n) is 16.4. The number of nitrogens with zero attached hydrogens (tertiary/aromatic N) is 8. The molecule has 0 aliphatic carbocycles. The van der Waals surface area contributed by atoms with Gasteiger partial charge in [-0.3, -0.25) is 24.8 Å². The molecule has 4 fully saturated rings. The van der Waals surface area contributed by atoms with Crippen molar-refractivity contribution in [2.45, 2.75) is 50.5 Å². The molecule has 4 aliphatic heterocycles. The highest BCUT2D eigenvalue weighted by Gasteiger charge is 2.36. The van der Waals surface area contributed by atoms with Crippen LogP contribution in [0, 0.1) is 17.6 Å². The molecule has 7 heterocycles. The maximum Gasteiger partial charge on any atom is 0.277 e. The molecule has 3 N–H and O–H groups in total. The van der Waals surface area contributed by atoms with E-state index in [0.29, 0.717) is 48.4 Å². The molecule has 5 aromatic rings. The minimum absolute atomic E-state index is 0.0234. The van der Waals surface area contributed by atoms with Crippen LogP contribution in [-0.4, -0.2) is 102 Å². The maximum atomic E-state index is 16.5. The average Bonchev–Trinajstić information content (AvgIpc) is 3.95. The Kier molecular flexibility index (Phi) is 11.4. The fraction of sp³-hybridized carbons (Fsp3) is 0.386. The number of hydrogen-bond acceptors (Lipinski definition) is 10. The van der Waals surface area contributed by atoms with Crippen LogP contribution in [0.25, 0.3) is 28.1 Å². The number of carbonyl (C=O) groups is 2. The number of halogens is 2. The standard InChI is InChI=1S/C44H48F2N10O4S/c45-32-24-36(42(46)37(25-32)39-2-1-17-56(39)61(47,59)60)38-28-55(51-43(38)30-11-15-48-16-12-30)34-6-4-33(5-7-34)53-22-20-52(21-23-53)27-29-13-18-54(19-14-29)40-9-3-31(26-49-40)35-8-10-41(57)50-44(35)58/h3-7,9,11-12,15-16,24-26,28-29,35,39H,1-2,8,10,13-14,17-23,27H2,(H2,47,59,60)(H,50,57,58). The summed E-state index contributed by atoms with van der Waals surface area (Å²) in [5, 5.41) is 12.7. The number of amides is 2. The Labute approximate surface area is 353 Å². The van der Waals surface area contributed by atoms with Crippen molar-refractivity contribution < 1.29 is 26.8 Å². The fourth-order valence-corrected chi connectivity index (χ4v) is 10.3. The molecule has 9 rings (SSSR count). The van der Waals surface area contributed by atoms with Gasteiger partial charge in [0.15, 0.2) is 0 Å². The summed E-state index contributed by atoms with van der Waals surface area (Å²) in [6.45, 7) is 6.76. The third-order valence-electron chi connectivity index (χ3n) is 12.6. The van der Waals surface area contributed by atoms with Gasteiger partial charge in [0.25, 0.3) is 10.2 Å². The maximum absolute atomic E-state index is 16.5. The summed E-state index contributed by atoms with van der Waals surface area (Å²) < 4.78 is 59.2. The first kappa shape index (κ1) is 40.8. The highest BCUT2D eigenvalue weighted by Crippen LogP contribution is 2.41. The lowest BCUT2D eigenvalue weighted by atomic mass is 9.91. The van der Waals surface area contributed by atoms with Crippen LogP contribution in [0.15, 0.2) is 85.5 Å². The molecule has 2 atom stereocenters. The van der Waals surface area contributed by atoms with E-state index >= 15 is 8.78 Å². The molecule has 2 unspecified atom stereocenters. The van der Waals surface area contributed by atoms with Crippen LogP contribution in [0.4, 0.5) is 20.3 Å². The molecule has 4 saturated heterocycles. The summed E-state index contributed by atoms with van der Waals surface area (Å²) in [7, 11) is -4.13. The zero-order chi connectivity index (χ0) is 42.3. The average molecular weight is 851 g/mol. The van der Waals surface area contributed by atoms with E-state index in [4.69, 9.17) is 10.2 Å². The van der Waals surface area contributed by atoms with Crippen LogP contribution < -0.4 is 20.3 Å². The Morgan fingerprint density at radius 3 is 2.23 bits per heavy atom. The van der Waals surface area contributed by atoms with Crippen molar-refractivity contribution in [2.75, 3.05) is 62.2 Å². The summed E-state index contributed by atoms with van der Waals surface area (Å²) in [4.78, 5) is 39.9. The van der Waals surface area contributed by atoms with Gasteiger partial charge in [-0.25, -0.2) is 23.6 Å². The lowest BCUT2D eigenvalue weighted by Gasteiger charge is -2.40. The van der Waals surface area contributed by atoms with Crippen LogP contribution in [-0.2, 0) is 19.8 Å². The summed E-state index contributed by atoms with van der Waals surface area (Å²) in [6, 6.07) is 16.8. The van der Waals surface area contributed by atoms with E-state index in [9.17, 15) is 18.0 Å². The molecule has 0 spiro atoms. The summed E-state index contributed by atoms with van der Waals surface area (Å²) >= 11 is 0. The number of benzene rings is 2. The molecule has 17 heteroatoms. The minimum Gasteiger partial charge on any atom is -0.369 e. The van der Waals surface area contributed by atoms with Gasteiger partial charge in [0.2, 0.25) is 11.8 Å². The van der Waals surface area contributed by atoms with E-state index in [1.807, 2.05) is 24.3 Å². The Bertz CT molecular complexity index is 2510. The van der Waals surface area contributed by atoms with Crippen LogP contribution in [0.2, 0.25) is 0 Å². The molecule has 61 heavy (non-hydrogen) atoms. The third-order valence-corrected chi connectivity index (χ3v) is 13.7. The Balaban J connectivity index is 0.833. The van der Waals surface area contributed by atoms with Gasteiger partial charge in [0, 0.05) is 112 Å². The molecule has 14 nitrogen and oxygen atoms in total. The van der Waals surface area contributed by atoms with E-state index in [0.717, 1.165) is 97.8 Å². The van der Waals surface area contributed by atoms with Crippen molar-refractivity contribution in [1.29, 1.82) is 0 Å². The molecule has 4 aliphatic rings. The summed E-state index contributed by atoms with van der Waals surface area (Å²) in [6.07, 6.45) is 10.5. The van der Waals surface area contributed by atoms with Gasteiger partial charge < -0.3 is 9.80 Å². The number of hydrogen-bond donors (Lipinski definition) is 2. The van der Waals surface area contributed by atoms with Crippen molar-refractivity contribution in [1.82, 2.24) is 34.3 Å². The topological polar surface area (TPSA) is 163 Å². The van der Waals surface area contributed by atoms with Crippen LogP contribution in [0.3, 0.4) is 0 Å². The van der Waals surface area contributed by atoms with Gasteiger partial charge in [0.1, 0.15) is 23.1 Å². The van der Waals surface area contributed by atoms with Gasteiger partial charge >= 0.3 is 0 Å². The number of piperidine rings is 2. The van der Waals surface area contributed by atoms with E-state index in [1.54, 1.807) is 41.6 Å². The molecular formula is C44H48F2N10O4S. The lowest BCUT2D eigenvalue weighted by Crippen LogP contribution is -2.49. The highest BCUT2D eigenvalue weighted by molar-refractivity contribution is 7.86. The number of anilines is 2. The number of pyridine rings is 2. The summed E-state index contributed by atoms with van der Waals surface area (Å²) in [5.41, 5.74) is 4.04. The van der Waals surface area contributed by atoms with E-state index in [-0.39, 0.29) is 35.4 Å². The zero-order valence-corrected chi connectivity index (χ0v) is 34.5. The van der Waals surface area contributed by atoms with Crippen LogP contribution in [0.1, 0.15) is 61.6 Å². The normalized spacial score (nSPS) is 21.0. The molecule has 0 saturated carbocycles. The fourth-order valence-electron chi connectivity index (χ4n) is 9.35. The summed E-state index contributed by atoms with van der Waals surface area (Å²) in [5.74, 6) is -0.674. The molecule has 3 aromatic heterocycles. The van der Waals surface area contributed by atoms with Crippen molar-refractivity contribution in [2.24, 2.45) is 11.1 Å². The quantitative estimate of drug-likeness (QED) is 0.179. The van der Waals surface area contributed by atoms with Crippen LogP contribution in [0.5, 0.6) is 0 Å². The zero-order valence-electron chi connectivity index (χ0n) is 33.7. The van der Waals surface area contributed by atoms with E-state index in [2.05, 4.69) is 42.1 Å². The third kappa shape index (κ3) is 8.64. The first-order valence-electron chi connectivity index (χ1n) is 20.9. The molecule has 0 radical (unpaired) electrons. The Morgan fingerprint density at radius 1 is 0.803 bits per heavy atom. The molecule has 0 bridgehead atoms. The molecule has 2 amide bonds. The van der Waals surface area contributed by atoms with Crippen molar-refractivity contribution in [3.8, 4) is 28.1 Å². The van der Waals surface area contributed by atoms with Gasteiger partial charge in [-0.05, 0) is 98.2 Å². The smallest absolute Gasteiger partial charge is 0.277 e. The first-order chi connectivity index (χ1) is 29.5. The van der Waals surface area contributed by atoms with E-state index < -0.39 is 27.9 Å². The minimum atomic E-state index is -4.13. The van der Waals surface area contributed by atoms with Gasteiger partial charge in [-0.15, -0.1) is 0 Å². The molecular weight excluding hydrogens is 803 g/mol. The van der Waals surface area contributed by atoms with Crippen LogP contribution >= 0.6 is 0 Å². The van der Waals surface area contributed by atoms with Crippen molar-refractivity contribution in [3.05, 3.63) is 108 Å². The number of carbonyl (C=O) groups excluding carboxylic acids is 2. The monoisotopic (exact) mass is 850 g/mol. The SMILES string of the molecule is NS(=O)(=O)N1CCCC1c1cc(F)cc(-c2cn(-c3ccc(N4CCN(CC5CCN(c6ccc(C7CCC(=O)NC7=O)cn6)CC5)CC4)cc3)nc2-c2ccncc2)c1F. The largest absolute Gasteiger partial charge is 0.369 e. The first-order valence-corrected chi connectivity index (χ1v) is 22.4. The lowest BCUT2D eigenvalue weighted by molar-refractivity contribution is -0.134. The number of aromatic nitrogens is 4. The second-order valence-corrected chi connectivity index (χ2v) is 17.9. The number of rotatable bonds is 10. The van der Waals surface area contributed by atoms with Gasteiger partial charge in [0.05, 0.1) is 17.6 Å². The second kappa shape index (κ2) is 17.0. The highest BCUT2D eigenvalue weighted by atomic mass is 32.2. The van der Waals surface area contributed by atoms with Crippen molar-refractivity contribution in [3.63, 3.8) is 0 Å². The molecule has 318 valence electrons. The van der Waals surface area contributed by atoms with Gasteiger partial charge in [-0.2, -0.15) is 17.8 Å². The van der Waals surface area contributed by atoms with E-state index in [1.165, 1.54) is 0 Å². The molecule has 2 aromatic carbocycles. The van der Waals surface area contributed by atoms with Crippen molar-refractivity contribution >= 4 is 33.5 Å². The number of nitrogens with two attached hydrogens (primary N) is 1. The predicted octanol–water partition coefficient (Wildman–Crippen LogP) is 5.17. The predicted molar refractivity (Wildman–Crippen MR) is 227 cm³/mol. The number of imide groups is 1. The number of nitrogens with one attached hydrogen (secondary N) is 1.